The fourth-order valence-corrected chi connectivity index (χ4v) is 5.65. The number of rotatable bonds is 9. The van der Waals surface area contributed by atoms with Crippen molar-refractivity contribution in [2.24, 2.45) is 0 Å². The standard InChI is InChI=1S/C33H43N11O2/c1-33(2,3)28-18-30(44(39-28)22-19-34-42(20-22)17-16-40(4)5)36-31(45)35-26-13-14-27(25-11-9-8-10-24(25)26)46-23-12-15-29-37-38-32(41(6)7)43(29)21-23/h8-12,15,18-21,26-27H,13-14,16-17H2,1-7H3,(H2,35,36,45)/t26-,27+/m0/s1. The molecule has 2 N–H and O–H groups in total. The lowest BCUT2D eigenvalue weighted by Crippen LogP contribution is -2.36. The van der Waals surface area contributed by atoms with E-state index in [1.54, 1.807) is 10.9 Å². The summed E-state index contributed by atoms with van der Waals surface area (Å²) in [5, 5.41) is 24.2. The number of pyridine rings is 1. The number of fused-ring (bicyclic) bond motifs is 2. The summed E-state index contributed by atoms with van der Waals surface area (Å²) in [6.45, 7) is 7.93. The third-order valence-corrected chi connectivity index (χ3v) is 8.14. The predicted octanol–water partition coefficient (Wildman–Crippen LogP) is 4.81. The number of urea groups is 1. The number of carbonyl (C=O) groups is 1. The molecule has 13 nitrogen and oxygen atoms in total. The molecule has 2 atom stereocenters. The van der Waals surface area contributed by atoms with Gasteiger partial charge in [-0.1, -0.05) is 45.0 Å². The molecule has 0 saturated heterocycles. The summed E-state index contributed by atoms with van der Waals surface area (Å²) < 4.78 is 12.1. The van der Waals surface area contributed by atoms with Crippen LogP contribution in [0.4, 0.5) is 16.6 Å². The molecule has 242 valence electrons. The Morgan fingerprint density at radius 3 is 2.54 bits per heavy atom. The Kier molecular flexibility index (Phi) is 8.43. The minimum absolute atomic E-state index is 0.158. The van der Waals surface area contributed by atoms with Gasteiger partial charge < -0.3 is 19.9 Å². The zero-order valence-corrected chi connectivity index (χ0v) is 27.6. The van der Waals surface area contributed by atoms with Crippen molar-refractivity contribution in [3.63, 3.8) is 0 Å². The highest BCUT2D eigenvalue weighted by Crippen LogP contribution is 2.39. The molecule has 4 aromatic heterocycles. The van der Waals surface area contributed by atoms with E-state index >= 15 is 0 Å². The van der Waals surface area contributed by atoms with Crippen molar-refractivity contribution < 1.29 is 9.53 Å². The first kappa shape index (κ1) is 31.1. The van der Waals surface area contributed by atoms with E-state index in [2.05, 4.69) is 63.7 Å². The van der Waals surface area contributed by atoms with Crippen LogP contribution in [0.3, 0.4) is 0 Å². The summed E-state index contributed by atoms with van der Waals surface area (Å²) in [6.07, 6.45) is 6.95. The number of likely N-dealkylation sites (N-methyl/N-ethyl adjacent to an activating group) is 1. The molecule has 0 fully saturated rings. The van der Waals surface area contributed by atoms with Crippen LogP contribution in [0.15, 0.2) is 61.1 Å². The van der Waals surface area contributed by atoms with Crippen molar-refractivity contribution in [2.45, 2.75) is 57.7 Å². The molecule has 1 aliphatic rings. The van der Waals surface area contributed by atoms with Gasteiger partial charge in [0, 0.05) is 32.1 Å². The topological polar surface area (TPSA) is 123 Å². The maximum absolute atomic E-state index is 13.5. The molecule has 4 heterocycles. The van der Waals surface area contributed by atoms with Crippen molar-refractivity contribution in [1.82, 2.24) is 44.4 Å². The second kappa shape index (κ2) is 12.5. The van der Waals surface area contributed by atoms with Crippen LogP contribution < -0.4 is 20.3 Å². The molecule has 1 aromatic carbocycles. The summed E-state index contributed by atoms with van der Waals surface area (Å²) in [4.78, 5) is 17.6. The smallest absolute Gasteiger partial charge is 0.320 e. The van der Waals surface area contributed by atoms with Gasteiger partial charge in [-0.2, -0.15) is 10.2 Å². The molecule has 6 rings (SSSR count). The van der Waals surface area contributed by atoms with Gasteiger partial charge in [0.1, 0.15) is 23.4 Å². The normalized spacial score (nSPS) is 16.4. The molecule has 13 heteroatoms. The van der Waals surface area contributed by atoms with Gasteiger partial charge in [0.05, 0.1) is 36.9 Å². The highest BCUT2D eigenvalue weighted by atomic mass is 16.5. The zero-order chi connectivity index (χ0) is 32.6. The monoisotopic (exact) mass is 625 g/mol. The van der Waals surface area contributed by atoms with Crippen LogP contribution in [0.1, 0.15) is 62.6 Å². The molecule has 1 aliphatic carbocycles. The number of ether oxygens (including phenoxy) is 1. The molecule has 2 amide bonds. The van der Waals surface area contributed by atoms with Gasteiger partial charge in [0.25, 0.3) is 0 Å². The number of anilines is 2. The largest absolute Gasteiger partial charge is 0.484 e. The van der Waals surface area contributed by atoms with Gasteiger partial charge in [-0.3, -0.25) is 14.4 Å². The first-order valence-corrected chi connectivity index (χ1v) is 15.6. The number of nitrogens with zero attached hydrogens (tertiary/aromatic N) is 9. The van der Waals surface area contributed by atoms with Crippen LogP contribution in [-0.4, -0.2) is 79.8 Å². The molecule has 5 aromatic rings. The molecule has 0 radical (unpaired) electrons. The van der Waals surface area contributed by atoms with Gasteiger partial charge >= 0.3 is 6.03 Å². The summed E-state index contributed by atoms with van der Waals surface area (Å²) in [5.41, 5.74) is 4.30. The van der Waals surface area contributed by atoms with E-state index in [-0.39, 0.29) is 23.6 Å². The van der Waals surface area contributed by atoms with Crippen molar-refractivity contribution in [3.05, 3.63) is 77.9 Å². The highest BCUT2D eigenvalue weighted by Gasteiger charge is 2.30. The maximum Gasteiger partial charge on any atom is 0.320 e. The lowest BCUT2D eigenvalue weighted by Gasteiger charge is -2.32. The van der Waals surface area contributed by atoms with Crippen molar-refractivity contribution >= 4 is 23.4 Å². The molecule has 0 aliphatic heterocycles. The Balaban J connectivity index is 1.19. The van der Waals surface area contributed by atoms with E-state index in [0.717, 1.165) is 65.8 Å². The number of amides is 2. The van der Waals surface area contributed by atoms with E-state index in [4.69, 9.17) is 9.84 Å². The fraction of sp³-hybridized carbons (Fsp3) is 0.424. The Hall–Kier alpha value is -4.91. The quantitative estimate of drug-likeness (QED) is 0.239. The first-order chi connectivity index (χ1) is 22.0. The Labute approximate surface area is 269 Å². The maximum atomic E-state index is 13.5. The number of carbonyl (C=O) groups excluding carboxylic acids is 1. The zero-order valence-electron chi connectivity index (χ0n) is 27.6. The van der Waals surface area contributed by atoms with Gasteiger partial charge in [0.2, 0.25) is 5.95 Å². The molecule has 0 saturated carbocycles. The van der Waals surface area contributed by atoms with Crippen LogP contribution in [0.25, 0.3) is 11.3 Å². The molecule has 0 bridgehead atoms. The number of hydrogen-bond acceptors (Lipinski definition) is 8. The van der Waals surface area contributed by atoms with Crippen LogP contribution >= 0.6 is 0 Å². The van der Waals surface area contributed by atoms with Crippen molar-refractivity contribution in [1.29, 1.82) is 0 Å². The number of hydrogen-bond donors (Lipinski definition) is 2. The van der Waals surface area contributed by atoms with E-state index < -0.39 is 0 Å². The SMILES string of the molecule is CN(C)CCn1cc(-n2nc(C(C)(C)C)cc2NC(=O)N[C@H]2CC[C@@H](Oc3ccc4nnc(N(C)C)n4c3)c3ccccc32)cn1. The lowest BCUT2D eigenvalue weighted by molar-refractivity contribution is 0.171. The van der Waals surface area contributed by atoms with E-state index in [1.165, 1.54) is 0 Å². The van der Waals surface area contributed by atoms with Gasteiger partial charge in [-0.05, 0) is 50.2 Å². The third kappa shape index (κ3) is 6.54. The van der Waals surface area contributed by atoms with E-state index in [0.29, 0.717) is 5.82 Å². The van der Waals surface area contributed by atoms with Crippen LogP contribution in [0, 0.1) is 0 Å². The fourth-order valence-electron chi connectivity index (χ4n) is 5.65. The second-order valence-corrected chi connectivity index (χ2v) is 13.3. The minimum atomic E-state index is -0.296. The minimum Gasteiger partial charge on any atom is -0.484 e. The van der Waals surface area contributed by atoms with E-state index in [9.17, 15) is 4.79 Å². The summed E-state index contributed by atoms with van der Waals surface area (Å²) >= 11 is 0. The van der Waals surface area contributed by atoms with Gasteiger partial charge in [-0.25, -0.2) is 9.48 Å². The Morgan fingerprint density at radius 2 is 1.80 bits per heavy atom. The second-order valence-electron chi connectivity index (χ2n) is 13.3. The van der Waals surface area contributed by atoms with Crippen LogP contribution in [0.5, 0.6) is 5.75 Å². The number of benzene rings is 1. The molecular formula is C33H43N11O2. The van der Waals surface area contributed by atoms with Crippen LogP contribution in [0.2, 0.25) is 0 Å². The van der Waals surface area contributed by atoms with E-state index in [1.807, 2.05) is 84.9 Å². The van der Waals surface area contributed by atoms with Crippen molar-refractivity contribution in [3.8, 4) is 11.4 Å². The Morgan fingerprint density at radius 1 is 1.02 bits per heavy atom. The molecular weight excluding hydrogens is 582 g/mol. The lowest BCUT2D eigenvalue weighted by atomic mass is 9.85. The summed E-state index contributed by atoms with van der Waals surface area (Å²) in [5.74, 6) is 2.04. The summed E-state index contributed by atoms with van der Waals surface area (Å²) in [7, 11) is 7.94. The first-order valence-electron chi connectivity index (χ1n) is 15.6. The van der Waals surface area contributed by atoms with Crippen LogP contribution in [-0.2, 0) is 12.0 Å². The average molecular weight is 626 g/mol. The average Bonchev–Trinajstić information content (AvgIpc) is 3.75. The molecule has 0 unspecified atom stereocenters. The number of aromatic nitrogens is 7. The third-order valence-electron chi connectivity index (χ3n) is 8.14. The Bertz CT molecular complexity index is 1830. The van der Waals surface area contributed by atoms with Gasteiger partial charge in [0.15, 0.2) is 5.65 Å². The predicted molar refractivity (Wildman–Crippen MR) is 178 cm³/mol. The molecule has 46 heavy (non-hydrogen) atoms. The van der Waals surface area contributed by atoms with Gasteiger partial charge in [-0.15, -0.1) is 10.2 Å². The van der Waals surface area contributed by atoms with Crippen molar-refractivity contribution in [2.75, 3.05) is 45.0 Å². The highest BCUT2D eigenvalue weighted by molar-refractivity contribution is 5.89. The molecule has 0 spiro atoms. The summed E-state index contributed by atoms with van der Waals surface area (Å²) in [6, 6.07) is 13.4. The number of nitrogens with one attached hydrogen (secondary N) is 2.